The van der Waals surface area contributed by atoms with Gasteiger partial charge in [-0.15, -0.1) is 0 Å². The van der Waals surface area contributed by atoms with E-state index < -0.39 is 0 Å². The molecule has 6 nitrogen and oxygen atoms in total. The third-order valence-electron chi connectivity index (χ3n) is 4.77. The Balaban J connectivity index is 1.42. The van der Waals surface area contributed by atoms with Crippen LogP contribution in [0.5, 0.6) is 0 Å². The molecule has 0 radical (unpaired) electrons. The van der Waals surface area contributed by atoms with Crippen LogP contribution in [0.3, 0.4) is 0 Å². The van der Waals surface area contributed by atoms with Crippen LogP contribution in [0.1, 0.15) is 29.5 Å². The molecule has 0 saturated heterocycles. The Bertz CT molecular complexity index is 906. The Morgan fingerprint density at radius 2 is 2.15 bits per heavy atom. The molecule has 1 atom stereocenters. The lowest BCUT2D eigenvalue weighted by atomic mass is 10.1. The minimum Gasteiger partial charge on any atom is -0.467 e. The molecule has 0 aliphatic carbocycles. The summed E-state index contributed by atoms with van der Waals surface area (Å²) < 4.78 is 21.1. The largest absolute Gasteiger partial charge is 0.467 e. The lowest BCUT2D eigenvalue weighted by Crippen LogP contribution is -2.39. The molecule has 0 bridgehead atoms. The molecule has 2 aromatic heterocycles. The third kappa shape index (κ3) is 4.09. The number of hydrogen-bond acceptors (Lipinski definition) is 4. The molecule has 0 fully saturated rings. The number of rotatable bonds is 6. The highest BCUT2D eigenvalue weighted by Crippen LogP contribution is 2.25. The quantitative estimate of drug-likeness (QED) is 0.727. The highest BCUT2D eigenvalue weighted by atomic mass is 19.1. The van der Waals surface area contributed by atoms with Crippen LogP contribution in [0, 0.1) is 5.82 Å². The lowest BCUT2D eigenvalue weighted by Gasteiger charge is -2.33. The van der Waals surface area contributed by atoms with Crippen LogP contribution >= 0.6 is 0 Å². The van der Waals surface area contributed by atoms with Crippen molar-refractivity contribution in [2.45, 2.75) is 32.1 Å². The van der Waals surface area contributed by atoms with Crippen LogP contribution in [0.4, 0.5) is 4.39 Å². The summed E-state index contributed by atoms with van der Waals surface area (Å²) in [5, 5.41) is 7.25. The average molecular weight is 368 g/mol. The number of fused-ring (bicyclic) bond motifs is 1. The number of hydrogen-bond donors (Lipinski definition) is 1. The zero-order chi connectivity index (χ0) is 18.6. The van der Waals surface area contributed by atoms with Gasteiger partial charge in [-0.3, -0.25) is 14.4 Å². The van der Waals surface area contributed by atoms with Crippen molar-refractivity contribution in [1.82, 2.24) is 20.0 Å². The monoisotopic (exact) mass is 368 g/mol. The van der Waals surface area contributed by atoms with Crippen molar-refractivity contribution in [2.75, 3.05) is 6.54 Å². The highest BCUT2D eigenvalue weighted by Gasteiger charge is 2.27. The van der Waals surface area contributed by atoms with E-state index in [0.29, 0.717) is 43.9 Å². The summed E-state index contributed by atoms with van der Waals surface area (Å²) in [4.78, 5) is 14.5. The number of carbonyl (C=O) groups is 1. The first-order valence-electron chi connectivity index (χ1n) is 8.96. The molecule has 1 aliphatic rings. The van der Waals surface area contributed by atoms with E-state index in [0.717, 1.165) is 5.69 Å². The third-order valence-corrected chi connectivity index (χ3v) is 4.77. The van der Waals surface area contributed by atoms with Gasteiger partial charge in [-0.1, -0.05) is 18.2 Å². The molecule has 1 N–H and O–H groups in total. The zero-order valence-corrected chi connectivity index (χ0v) is 14.8. The molecule has 0 saturated carbocycles. The first kappa shape index (κ1) is 17.5. The SMILES string of the molecule is O=C(C[C@H]1CN(Cc2ccccc2F)Cc2ccnn21)NCc1ccco1. The first-order valence-corrected chi connectivity index (χ1v) is 8.96. The summed E-state index contributed by atoms with van der Waals surface area (Å²) >= 11 is 0. The number of aromatic nitrogens is 2. The first-order chi connectivity index (χ1) is 13.2. The van der Waals surface area contributed by atoms with E-state index >= 15 is 0 Å². The molecule has 3 aromatic rings. The standard InChI is InChI=1S/C20H21FN4O2/c21-19-6-2-1-4-15(19)12-24-13-16-7-8-23-25(16)17(14-24)10-20(26)22-11-18-5-3-9-27-18/h1-9,17H,10-14H2,(H,22,26)/t17-/m0/s1. The van der Waals surface area contributed by atoms with Gasteiger partial charge in [0.05, 0.1) is 31.0 Å². The number of carbonyl (C=O) groups excluding carboxylic acids is 1. The predicted octanol–water partition coefficient (Wildman–Crippen LogP) is 2.88. The summed E-state index contributed by atoms with van der Waals surface area (Å²) in [5.74, 6) is 0.447. The molecule has 1 amide bonds. The van der Waals surface area contributed by atoms with E-state index in [-0.39, 0.29) is 17.8 Å². The maximum absolute atomic E-state index is 14.0. The van der Waals surface area contributed by atoms with Crippen molar-refractivity contribution in [2.24, 2.45) is 0 Å². The fourth-order valence-corrected chi connectivity index (χ4v) is 3.49. The van der Waals surface area contributed by atoms with Crippen molar-refractivity contribution in [1.29, 1.82) is 0 Å². The molecule has 0 unspecified atom stereocenters. The number of halogens is 1. The maximum atomic E-state index is 14.0. The number of nitrogens with zero attached hydrogens (tertiary/aromatic N) is 3. The second-order valence-corrected chi connectivity index (χ2v) is 6.74. The Morgan fingerprint density at radius 1 is 1.26 bits per heavy atom. The van der Waals surface area contributed by atoms with Crippen molar-refractivity contribution >= 4 is 5.91 Å². The van der Waals surface area contributed by atoms with Crippen molar-refractivity contribution < 1.29 is 13.6 Å². The molecule has 27 heavy (non-hydrogen) atoms. The van der Waals surface area contributed by atoms with Crippen LogP contribution in [-0.4, -0.2) is 27.1 Å². The Morgan fingerprint density at radius 3 is 2.96 bits per heavy atom. The Kier molecular flexibility index (Phi) is 5.02. The normalized spacial score (nSPS) is 16.9. The lowest BCUT2D eigenvalue weighted by molar-refractivity contribution is -0.122. The van der Waals surface area contributed by atoms with E-state index in [2.05, 4.69) is 15.3 Å². The van der Waals surface area contributed by atoms with Gasteiger partial charge in [0.2, 0.25) is 5.91 Å². The Hall–Kier alpha value is -2.93. The summed E-state index contributed by atoms with van der Waals surface area (Å²) in [6.07, 6.45) is 3.64. The van der Waals surface area contributed by atoms with Gasteiger partial charge in [-0.05, 0) is 24.3 Å². The van der Waals surface area contributed by atoms with Gasteiger partial charge >= 0.3 is 0 Å². The second-order valence-electron chi connectivity index (χ2n) is 6.74. The summed E-state index contributed by atoms with van der Waals surface area (Å²) in [6.45, 7) is 2.18. The van der Waals surface area contributed by atoms with E-state index in [1.165, 1.54) is 6.07 Å². The van der Waals surface area contributed by atoms with Crippen LogP contribution in [0.2, 0.25) is 0 Å². The predicted molar refractivity (Wildman–Crippen MR) is 96.9 cm³/mol. The van der Waals surface area contributed by atoms with E-state index in [1.807, 2.05) is 22.9 Å². The van der Waals surface area contributed by atoms with Crippen LogP contribution < -0.4 is 5.32 Å². The molecule has 0 spiro atoms. The minimum atomic E-state index is -0.204. The molecule has 7 heteroatoms. The van der Waals surface area contributed by atoms with Gasteiger partial charge in [0.25, 0.3) is 0 Å². The van der Waals surface area contributed by atoms with Gasteiger partial charge in [-0.2, -0.15) is 5.10 Å². The van der Waals surface area contributed by atoms with Gasteiger partial charge in [-0.25, -0.2) is 4.39 Å². The highest BCUT2D eigenvalue weighted by molar-refractivity contribution is 5.76. The van der Waals surface area contributed by atoms with Crippen molar-refractivity contribution in [3.63, 3.8) is 0 Å². The summed E-state index contributed by atoms with van der Waals surface area (Å²) in [5.41, 5.74) is 1.69. The number of amides is 1. The molecule has 4 rings (SSSR count). The summed E-state index contributed by atoms with van der Waals surface area (Å²) in [7, 11) is 0. The fraction of sp³-hybridized carbons (Fsp3) is 0.300. The van der Waals surface area contributed by atoms with E-state index in [9.17, 15) is 9.18 Å². The second kappa shape index (κ2) is 7.75. The van der Waals surface area contributed by atoms with Crippen molar-refractivity contribution in [3.05, 3.63) is 77.8 Å². The average Bonchev–Trinajstić information content (AvgIpc) is 3.33. The number of benzene rings is 1. The molecular formula is C20H21FN4O2. The van der Waals surface area contributed by atoms with Crippen molar-refractivity contribution in [3.8, 4) is 0 Å². The van der Waals surface area contributed by atoms with Gasteiger partial charge in [0.1, 0.15) is 11.6 Å². The van der Waals surface area contributed by atoms with E-state index in [1.54, 1.807) is 30.7 Å². The minimum absolute atomic E-state index is 0.0643. The molecule has 3 heterocycles. The van der Waals surface area contributed by atoms with Gasteiger partial charge in [0, 0.05) is 31.4 Å². The van der Waals surface area contributed by atoms with Crippen LogP contribution in [-0.2, 0) is 24.4 Å². The molecule has 1 aliphatic heterocycles. The van der Waals surface area contributed by atoms with Gasteiger partial charge < -0.3 is 9.73 Å². The zero-order valence-electron chi connectivity index (χ0n) is 14.8. The number of nitrogens with one attached hydrogen (secondary N) is 1. The smallest absolute Gasteiger partial charge is 0.222 e. The van der Waals surface area contributed by atoms with Gasteiger partial charge in [0.15, 0.2) is 0 Å². The fourth-order valence-electron chi connectivity index (χ4n) is 3.49. The molecule has 140 valence electrons. The topological polar surface area (TPSA) is 63.3 Å². The number of furan rings is 1. The van der Waals surface area contributed by atoms with Crippen LogP contribution in [0.15, 0.2) is 59.3 Å². The Labute approximate surface area is 156 Å². The molecular weight excluding hydrogens is 347 g/mol. The van der Waals surface area contributed by atoms with E-state index in [4.69, 9.17) is 4.42 Å². The molecule has 1 aromatic carbocycles. The van der Waals surface area contributed by atoms with Crippen LogP contribution in [0.25, 0.3) is 0 Å². The summed E-state index contributed by atoms with van der Waals surface area (Å²) in [6, 6.07) is 12.3. The maximum Gasteiger partial charge on any atom is 0.222 e.